The van der Waals surface area contributed by atoms with E-state index < -0.39 is 0 Å². The predicted molar refractivity (Wildman–Crippen MR) is 96.9 cm³/mol. The molecule has 0 saturated carbocycles. The van der Waals surface area contributed by atoms with Gasteiger partial charge in [-0.15, -0.1) is 0 Å². The molecule has 0 bridgehead atoms. The van der Waals surface area contributed by atoms with Crippen molar-refractivity contribution in [1.82, 2.24) is 15.0 Å². The molecule has 7 nitrogen and oxygen atoms in total. The number of piperidine rings is 1. The summed E-state index contributed by atoms with van der Waals surface area (Å²) in [5, 5.41) is 14.0. The van der Waals surface area contributed by atoms with Crippen LogP contribution >= 0.6 is 0 Å². The van der Waals surface area contributed by atoms with Gasteiger partial charge >= 0.3 is 0 Å². The maximum Gasteiger partial charge on any atom is 0.231 e. The number of fused-ring (bicyclic) bond motifs is 1. The third-order valence-electron chi connectivity index (χ3n) is 4.74. The quantitative estimate of drug-likeness (QED) is 0.708. The van der Waals surface area contributed by atoms with Gasteiger partial charge in [0.2, 0.25) is 11.8 Å². The van der Waals surface area contributed by atoms with Crippen LogP contribution in [-0.4, -0.2) is 40.1 Å². The highest BCUT2D eigenvalue weighted by molar-refractivity contribution is 5.86. The highest BCUT2D eigenvalue weighted by atomic mass is 16.5. The van der Waals surface area contributed by atoms with Gasteiger partial charge in [-0.2, -0.15) is 5.26 Å². The van der Waals surface area contributed by atoms with E-state index in [4.69, 9.17) is 14.5 Å². The molecule has 136 valence electrons. The van der Waals surface area contributed by atoms with Crippen molar-refractivity contribution >= 4 is 16.9 Å². The number of rotatable bonds is 4. The van der Waals surface area contributed by atoms with E-state index in [-0.39, 0.29) is 18.4 Å². The van der Waals surface area contributed by atoms with Crippen molar-refractivity contribution in [3.05, 3.63) is 53.9 Å². The van der Waals surface area contributed by atoms with Crippen molar-refractivity contribution in [2.45, 2.75) is 25.4 Å². The first-order chi connectivity index (χ1) is 13.2. The number of carbonyl (C=O) groups excluding carboxylic acids is 1. The van der Waals surface area contributed by atoms with E-state index in [2.05, 4.69) is 16.2 Å². The minimum Gasteiger partial charge on any atom is -0.473 e. The summed E-state index contributed by atoms with van der Waals surface area (Å²) in [5.41, 5.74) is 1.78. The van der Waals surface area contributed by atoms with Crippen molar-refractivity contribution in [2.24, 2.45) is 0 Å². The number of amides is 1. The van der Waals surface area contributed by atoms with Crippen LogP contribution in [0.3, 0.4) is 0 Å². The average Bonchev–Trinajstić information content (AvgIpc) is 3.12. The molecule has 4 rings (SSSR count). The zero-order valence-electron chi connectivity index (χ0n) is 14.7. The van der Waals surface area contributed by atoms with Crippen LogP contribution in [0, 0.1) is 11.3 Å². The zero-order valence-corrected chi connectivity index (χ0v) is 14.7. The normalized spacial score (nSPS) is 14.9. The Bertz CT molecular complexity index is 1000. The second-order valence-electron chi connectivity index (χ2n) is 6.47. The number of para-hydroxylation sites is 1. The Morgan fingerprint density at radius 3 is 2.89 bits per heavy atom. The molecule has 27 heavy (non-hydrogen) atoms. The van der Waals surface area contributed by atoms with E-state index in [0.717, 1.165) is 5.39 Å². The fourth-order valence-corrected chi connectivity index (χ4v) is 3.27. The molecule has 1 amide bonds. The number of hydrogen-bond donors (Lipinski definition) is 0. The number of nitriles is 1. The second kappa shape index (κ2) is 7.46. The first-order valence-corrected chi connectivity index (χ1v) is 8.87. The summed E-state index contributed by atoms with van der Waals surface area (Å²) < 4.78 is 11.1. The number of carbonyl (C=O) groups is 1. The molecule has 1 fully saturated rings. The topological polar surface area (TPSA) is 92.2 Å². The molecule has 0 aliphatic carbocycles. The van der Waals surface area contributed by atoms with Crippen LogP contribution in [0.2, 0.25) is 0 Å². The van der Waals surface area contributed by atoms with Crippen molar-refractivity contribution in [2.75, 3.05) is 13.1 Å². The molecule has 0 atom stereocenters. The molecule has 0 radical (unpaired) electrons. The summed E-state index contributed by atoms with van der Waals surface area (Å²) in [6.07, 6.45) is 3.18. The fraction of sp³-hybridized carbons (Fsp3) is 0.300. The monoisotopic (exact) mass is 362 g/mol. The van der Waals surface area contributed by atoms with E-state index >= 15 is 0 Å². The van der Waals surface area contributed by atoms with Gasteiger partial charge < -0.3 is 14.2 Å². The van der Waals surface area contributed by atoms with E-state index in [1.807, 2.05) is 29.2 Å². The van der Waals surface area contributed by atoms with Crippen LogP contribution in [0.4, 0.5) is 0 Å². The Hall–Kier alpha value is -3.40. The maximum atomic E-state index is 12.6. The lowest BCUT2D eigenvalue weighted by molar-refractivity contribution is -0.132. The molecule has 1 saturated heterocycles. The fourth-order valence-electron chi connectivity index (χ4n) is 3.27. The van der Waals surface area contributed by atoms with Gasteiger partial charge in [-0.25, -0.2) is 4.98 Å². The minimum absolute atomic E-state index is 0.0306. The molecule has 1 aromatic carbocycles. The Labute approximate surface area is 156 Å². The van der Waals surface area contributed by atoms with Crippen molar-refractivity contribution in [3.8, 4) is 11.9 Å². The number of pyridine rings is 1. The Morgan fingerprint density at radius 1 is 1.26 bits per heavy atom. The summed E-state index contributed by atoms with van der Waals surface area (Å²) in [6, 6.07) is 13.0. The lowest BCUT2D eigenvalue weighted by Crippen LogP contribution is -2.42. The number of nitrogens with zero attached hydrogens (tertiary/aromatic N) is 4. The van der Waals surface area contributed by atoms with Crippen LogP contribution in [0.15, 0.2) is 47.1 Å². The third-order valence-corrected chi connectivity index (χ3v) is 4.74. The average molecular weight is 362 g/mol. The van der Waals surface area contributed by atoms with Gasteiger partial charge in [0, 0.05) is 37.5 Å². The number of benzene rings is 1. The van der Waals surface area contributed by atoms with E-state index in [9.17, 15) is 4.79 Å². The Kier molecular flexibility index (Phi) is 4.71. The summed E-state index contributed by atoms with van der Waals surface area (Å²) >= 11 is 0. The van der Waals surface area contributed by atoms with Gasteiger partial charge in [-0.1, -0.05) is 17.3 Å². The number of aromatic nitrogens is 2. The second-order valence-corrected chi connectivity index (χ2v) is 6.47. The molecule has 0 unspecified atom stereocenters. The first-order valence-electron chi connectivity index (χ1n) is 8.87. The van der Waals surface area contributed by atoms with E-state index in [1.165, 1.54) is 0 Å². The smallest absolute Gasteiger partial charge is 0.231 e. The molecule has 1 aliphatic rings. The highest BCUT2D eigenvalue weighted by Gasteiger charge is 2.26. The maximum absolute atomic E-state index is 12.6. The largest absolute Gasteiger partial charge is 0.473 e. The van der Waals surface area contributed by atoms with Gasteiger partial charge in [0.15, 0.2) is 5.58 Å². The standard InChI is InChI=1S/C20H18N4O3/c21-13-14-4-3-9-22-20(14)26-15-7-10-24(11-8-15)19(25)12-17-16-5-1-2-6-18(16)27-23-17/h1-6,9,15H,7-8,10-12H2. The van der Waals surface area contributed by atoms with Crippen LogP contribution in [-0.2, 0) is 11.2 Å². The summed E-state index contributed by atoms with van der Waals surface area (Å²) in [4.78, 5) is 18.6. The molecule has 2 aromatic heterocycles. The van der Waals surface area contributed by atoms with Crippen LogP contribution < -0.4 is 4.74 Å². The lowest BCUT2D eigenvalue weighted by atomic mass is 10.1. The van der Waals surface area contributed by atoms with Gasteiger partial charge in [0.25, 0.3) is 0 Å². The molecule has 3 heterocycles. The molecule has 1 aliphatic heterocycles. The lowest BCUT2D eigenvalue weighted by Gasteiger charge is -2.32. The minimum atomic E-state index is -0.0519. The van der Waals surface area contributed by atoms with Crippen LogP contribution in [0.5, 0.6) is 5.88 Å². The summed E-state index contributed by atoms with van der Waals surface area (Å²) in [5.74, 6) is 0.391. The van der Waals surface area contributed by atoms with Gasteiger partial charge in [0.1, 0.15) is 23.4 Å². The van der Waals surface area contributed by atoms with Crippen molar-refractivity contribution < 1.29 is 14.1 Å². The number of ether oxygens (including phenoxy) is 1. The Balaban J connectivity index is 1.35. The van der Waals surface area contributed by atoms with Crippen LogP contribution in [0.25, 0.3) is 11.0 Å². The van der Waals surface area contributed by atoms with Crippen molar-refractivity contribution in [1.29, 1.82) is 5.26 Å². The third kappa shape index (κ3) is 3.60. The highest BCUT2D eigenvalue weighted by Crippen LogP contribution is 2.22. The zero-order chi connectivity index (χ0) is 18.6. The first kappa shape index (κ1) is 17.0. The van der Waals surface area contributed by atoms with Gasteiger partial charge in [-0.05, 0) is 24.3 Å². The summed E-state index contributed by atoms with van der Waals surface area (Å²) in [6.45, 7) is 1.21. The van der Waals surface area contributed by atoms with Crippen molar-refractivity contribution in [3.63, 3.8) is 0 Å². The summed E-state index contributed by atoms with van der Waals surface area (Å²) in [7, 11) is 0. The van der Waals surface area contributed by atoms with Gasteiger partial charge in [-0.3, -0.25) is 4.79 Å². The molecule has 3 aromatic rings. The molecular weight excluding hydrogens is 344 g/mol. The van der Waals surface area contributed by atoms with E-state index in [0.29, 0.717) is 48.7 Å². The van der Waals surface area contributed by atoms with Crippen LogP contribution in [0.1, 0.15) is 24.1 Å². The molecular formula is C20H18N4O3. The number of likely N-dealkylation sites (tertiary alicyclic amines) is 1. The van der Waals surface area contributed by atoms with Gasteiger partial charge in [0.05, 0.1) is 6.42 Å². The SMILES string of the molecule is N#Cc1cccnc1OC1CCN(C(=O)Cc2noc3ccccc23)CC1. The number of hydrogen-bond acceptors (Lipinski definition) is 6. The Morgan fingerprint density at radius 2 is 2.07 bits per heavy atom. The van der Waals surface area contributed by atoms with E-state index in [1.54, 1.807) is 18.3 Å². The molecule has 0 spiro atoms. The molecule has 0 N–H and O–H groups in total. The predicted octanol–water partition coefficient (Wildman–Crippen LogP) is 2.71. The molecule has 7 heteroatoms.